The Kier molecular flexibility index (Phi) is 7.48. The molecule has 1 saturated heterocycles. The van der Waals surface area contributed by atoms with Crippen LogP contribution in [-0.4, -0.2) is 53.7 Å². The maximum Gasteiger partial charge on any atom is 0.410 e. The minimum atomic E-state index is -1.16. The van der Waals surface area contributed by atoms with Crippen LogP contribution in [0.15, 0.2) is 54.6 Å². The van der Waals surface area contributed by atoms with E-state index in [9.17, 15) is 19.5 Å². The average molecular weight is 426 g/mol. The molecule has 0 aromatic heterocycles. The van der Waals surface area contributed by atoms with Crippen LogP contribution in [0.4, 0.5) is 4.79 Å². The van der Waals surface area contributed by atoms with Crippen LogP contribution < -0.4 is 10.1 Å². The highest BCUT2D eigenvalue weighted by Crippen LogP contribution is 2.21. The lowest BCUT2D eigenvalue weighted by Gasteiger charge is -2.25. The number of hydrogen-bond acceptors (Lipinski definition) is 5. The molecule has 3 rings (SSSR count). The van der Waals surface area contributed by atoms with Crippen molar-refractivity contribution in [2.45, 2.75) is 38.0 Å². The first-order valence-corrected chi connectivity index (χ1v) is 10.1. The van der Waals surface area contributed by atoms with E-state index in [1.54, 1.807) is 24.3 Å². The fourth-order valence-electron chi connectivity index (χ4n) is 3.62. The molecule has 0 saturated carbocycles. The highest BCUT2D eigenvalue weighted by molar-refractivity contribution is 5.89. The summed E-state index contributed by atoms with van der Waals surface area (Å²) in [6.07, 6.45) is 0.574. The number of amides is 2. The fraction of sp³-hybridized carbons (Fsp3) is 0.348. The summed E-state index contributed by atoms with van der Waals surface area (Å²) >= 11 is 0. The second-order valence-corrected chi connectivity index (χ2v) is 7.31. The summed E-state index contributed by atoms with van der Waals surface area (Å²) in [4.78, 5) is 38.5. The lowest BCUT2D eigenvalue weighted by molar-refractivity contribution is -0.142. The third-order valence-corrected chi connectivity index (χ3v) is 5.23. The first kappa shape index (κ1) is 22.1. The van der Waals surface area contributed by atoms with Gasteiger partial charge in [-0.1, -0.05) is 48.5 Å². The van der Waals surface area contributed by atoms with E-state index in [0.29, 0.717) is 30.7 Å². The average Bonchev–Trinajstić information content (AvgIpc) is 3.28. The molecule has 1 fully saturated rings. The number of aliphatic carboxylic acids is 1. The minimum Gasteiger partial charge on any atom is -0.496 e. The Morgan fingerprint density at radius 3 is 2.55 bits per heavy atom. The van der Waals surface area contributed by atoms with Crippen LogP contribution in [0.1, 0.15) is 24.0 Å². The van der Waals surface area contributed by atoms with Gasteiger partial charge in [-0.15, -0.1) is 0 Å². The summed E-state index contributed by atoms with van der Waals surface area (Å²) in [7, 11) is 1.50. The quantitative estimate of drug-likeness (QED) is 0.672. The van der Waals surface area contributed by atoms with E-state index in [2.05, 4.69) is 5.32 Å². The molecule has 2 aromatic rings. The highest BCUT2D eigenvalue weighted by Gasteiger charge is 2.37. The minimum absolute atomic E-state index is 0.0657. The molecule has 2 amide bonds. The molecule has 0 radical (unpaired) electrons. The van der Waals surface area contributed by atoms with Gasteiger partial charge in [-0.3, -0.25) is 9.69 Å². The normalized spacial score (nSPS) is 16.4. The molecule has 2 N–H and O–H groups in total. The van der Waals surface area contributed by atoms with Crippen LogP contribution in [0.25, 0.3) is 0 Å². The van der Waals surface area contributed by atoms with Crippen molar-refractivity contribution in [2.24, 2.45) is 0 Å². The number of nitrogens with zero attached hydrogens (tertiary/aromatic N) is 1. The van der Waals surface area contributed by atoms with Gasteiger partial charge in [0, 0.05) is 13.0 Å². The van der Waals surface area contributed by atoms with Crippen molar-refractivity contribution in [1.29, 1.82) is 0 Å². The summed E-state index contributed by atoms with van der Waals surface area (Å²) in [6, 6.07) is 14.4. The number of carboxylic acids is 1. The third kappa shape index (κ3) is 5.75. The van der Waals surface area contributed by atoms with Crippen LogP contribution >= 0.6 is 0 Å². The Hall–Kier alpha value is -3.55. The molecule has 1 aliphatic rings. The molecule has 8 nitrogen and oxygen atoms in total. The van der Waals surface area contributed by atoms with Gasteiger partial charge in [0.05, 0.1) is 7.11 Å². The van der Waals surface area contributed by atoms with E-state index in [0.717, 1.165) is 5.56 Å². The van der Waals surface area contributed by atoms with Gasteiger partial charge in [0.1, 0.15) is 24.4 Å². The predicted octanol–water partition coefficient (Wildman–Crippen LogP) is 2.61. The van der Waals surface area contributed by atoms with Crippen LogP contribution in [0.2, 0.25) is 0 Å². The van der Waals surface area contributed by atoms with Gasteiger partial charge in [-0.2, -0.15) is 0 Å². The lowest BCUT2D eigenvalue weighted by atomic mass is 10.0. The molecule has 0 bridgehead atoms. The highest BCUT2D eigenvalue weighted by atomic mass is 16.6. The van der Waals surface area contributed by atoms with E-state index in [4.69, 9.17) is 9.47 Å². The van der Waals surface area contributed by atoms with Gasteiger partial charge in [0.25, 0.3) is 0 Å². The standard InChI is InChI=1S/C23H26N2O6/c1-30-20-12-6-5-10-17(20)14-18(22(27)28)24-21(26)19-11-7-13-25(19)23(29)31-15-16-8-3-2-4-9-16/h2-6,8-10,12,18-19H,7,11,13-15H2,1H3,(H,24,26)(H,27,28)/t18-,19-/m1/s1. The fourth-order valence-corrected chi connectivity index (χ4v) is 3.62. The number of nitrogens with one attached hydrogen (secondary N) is 1. The van der Waals surface area contributed by atoms with Crippen molar-refractivity contribution in [1.82, 2.24) is 10.2 Å². The van der Waals surface area contributed by atoms with Gasteiger partial charge in [0.15, 0.2) is 0 Å². The zero-order chi connectivity index (χ0) is 22.2. The number of methoxy groups -OCH3 is 1. The number of benzene rings is 2. The van der Waals surface area contributed by atoms with Crippen molar-refractivity contribution in [3.63, 3.8) is 0 Å². The number of carboxylic acid groups (broad SMARTS) is 1. The Balaban J connectivity index is 1.62. The summed E-state index contributed by atoms with van der Waals surface area (Å²) in [6.45, 7) is 0.492. The SMILES string of the molecule is COc1ccccc1C[C@@H](NC(=O)[C@H]1CCCN1C(=O)OCc1ccccc1)C(=O)O. The summed E-state index contributed by atoms with van der Waals surface area (Å²) in [5.41, 5.74) is 1.52. The number of rotatable bonds is 8. The van der Waals surface area contributed by atoms with Crippen molar-refractivity contribution in [2.75, 3.05) is 13.7 Å². The summed E-state index contributed by atoms with van der Waals surface area (Å²) < 4.78 is 10.6. The van der Waals surface area contributed by atoms with Gasteiger partial charge in [-0.25, -0.2) is 9.59 Å². The number of ether oxygens (including phenoxy) is 2. The summed E-state index contributed by atoms with van der Waals surface area (Å²) in [5, 5.41) is 12.2. The second kappa shape index (κ2) is 10.5. The van der Waals surface area contributed by atoms with Gasteiger partial charge in [-0.05, 0) is 30.0 Å². The van der Waals surface area contributed by atoms with Crippen LogP contribution in [0.5, 0.6) is 5.75 Å². The first-order valence-electron chi connectivity index (χ1n) is 10.1. The Morgan fingerprint density at radius 2 is 1.84 bits per heavy atom. The van der Waals surface area contributed by atoms with Crippen molar-refractivity contribution >= 4 is 18.0 Å². The van der Waals surface area contributed by atoms with Crippen LogP contribution in [0, 0.1) is 0 Å². The maximum absolute atomic E-state index is 12.8. The largest absolute Gasteiger partial charge is 0.496 e. The second-order valence-electron chi connectivity index (χ2n) is 7.31. The Bertz CT molecular complexity index is 917. The van der Waals surface area contributed by atoms with Crippen LogP contribution in [-0.2, 0) is 27.4 Å². The topological polar surface area (TPSA) is 105 Å². The van der Waals surface area contributed by atoms with Gasteiger partial charge in [0.2, 0.25) is 5.91 Å². The zero-order valence-electron chi connectivity index (χ0n) is 17.3. The smallest absolute Gasteiger partial charge is 0.410 e. The Morgan fingerprint density at radius 1 is 1.13 bits per heavy atom. The number of hydrogen-bond donors (Lipinski definition) is 2. The van der Waals surface area contributed by atoms with Gasteiger partial charge < -0.3 is 19.9 Å². The number of para-hydroxylation sites is 1. The molecule has 2 aromatic carbocycles. The van der Waals surface area contributed by atoms with Gasteiger partial charge >= 0.3 is 12.1 Å². The van der Waals surface area contributed by atoms with Crippen molar-refractivity contribution in [3.05, 3.63) is 65.7 Å². The zero-order valence-corrected chi connectivity index (χ0v) is 17.3. The maximum atomic E-state index is 12.8. The van der Waals surface area contributed by atoms with E-state index >= 15 is 0 Å². The molecule has 164 valence electrons. The molecule has 8 heteroatoms. The Labute approximate surface area is 180 Å². The van der Waals surface area contributed by atoms with Crippen LogP contribution in [0.3, 0.4) is 0 Å². The predicted molar refractivity (Wildman–Crippen MR) is 113 cm³/mol. The van der Waals surface area contributed by atoms with E-state index in [1.807, 2.05) is 30.3 Å². The summed E-state index contributed by atoms with van der Waals surface area (Å²) in [5.74, 6) is -1.11. The molecule has 2 atom stereocenters. The van der Waals surface area contributed by atoms with E-state index < -0.39 is 30.1 Å². The lowest BCUT2D eigenvalue weighted by Crippen LogP contribution is -2.51. The molecular formula is C23H26N2O6. The van der Waals surface area contributed by atoms with Crippen molar-refractivity contribution in [3.8, 4) is 5.75 Å². The molecule has 0 aliphatic carbocycles. The number of likely N-dealkylation sites (tertiary alicyclic amines) is 1. The molecule has 1 aliphatic heterocycles. The first-order chi connectivity index (χ1) is 15.0. The van der Waals surface area contributed by atoms with Crippen molar-refractivity contribution < 1.29 is 29.0 Å². The van der Waals surface area contributed by atoms with E-state index in [-0.39, 0.29) is 13.0 Å². The molecule has 1 heterocycles. The monoisotopic (exact) mass is 426 g/mol. The molecule has 0 spiro atoms. The number of carbonyl (C=O) groups excluding carboxylic acids is 2. The number of carbonyl (C=O) groups is 3. The molecular weight excluding hydrogens is 400 g/mol. The molecule has 31 heavy (non-hydrogen) atoms. The molecule has 0 unspecified atom stereocenters. The van der Waals surface area contributed by atoms with E-state index in [1.165, 1.54) is 12.0 Å². The third-order valence-electron chi connectivity index (χ3n) is 5.23.